The van der Waals surface area contributed by atoms with Crippen LogP contribution < -0.4 is 5.32 Å². The highest BCUT2D eigenvalue weighted by atomic mass is 16.5. The number of hydrogen-bond donors (Lipinski definition) is 1. The second-order valence-electron chi connectivity index (χ2n) is 5.91. The Balaban J connectivity index is 1.77. The van der Waals surface area contributed by atoms with Gasteiger partial charge < -0.3 is 10.1 Å². The third-order valence-corrected chi connectivity index (χ3v) is 4.35. The van der Waals surface area contributed by atoms with Gasteiger partial charge in [-0.1, -0.05) is 13.8 Å². The highest BCUT2D eigenvalue weighted by Gasteiger charge is 2.35. The Hall–Kier alpha value is -0.120. The van der Waals surface area contributed by atoms with Crippen LogP contribution >= 0.6 is 0 Å². The summed E-state index contributed by atoms with van der Waals surface area (Å²) in [7, 11) is 0. The fourth-order valence-electron chi connectivity index (χ4n) is 3.52. The van der Waals surface area contributed by atoms with E-state index in [9.17, 15) is 0 Å². The Morgan fingerprint density at radius 1 is 1.00 bits per heavy atom. The van der Waals surface area contributed by atoms with Gasteiger partial charge in [0.15, 0.2) is 0 Å². The number of ether oxygens (including phenoxy) is 1. The minimum absolute atomic E-state index is 0.796. The Bertz CT molecular complexity index is 223. The van der Waals surface area contributed by atoms with Crippen LogP contribution in [0.2, 0.25) is 0 Å². The standard InChI is InChI=1S/C15H30N2O/c1-3-7-17(8-10-18-9-4-2)15-11-13-5-6-14(12-15)16-13/h13-16H,3-12H2,1-2H3. The summed E-state index contributed by atoms with van der Waals surface area (Å²) in [4.78, 5) is 2.68. The molecule has 0 amide bonds. The molecule has 2 rings (SSSR count). The maximum Gasteiger partial charge on any atom is 0.0593 e. The molecule has 0 aromatic carbocycles. The first-order chi connectivity index (χ1) is 8.83. The molecule has 2 bridgehead atoms. The third-order valence-electron chi connectivity index (χ3n) is 4.35. The van der Waals surface area contributed by atoms with Gasteiger partial charge in [-0.15, -0.1) is 0 Å². The first-order valence-electron chi connectivity index (χ1n) is 7.91. The minimum Gasteiger partial charge on any atom is -0.380 e. The zero-order valence-corrected chi connectivity index (χ0v) is 12.2. The van der Waals surface area contributed by atoms with Crippen molar-refractivity contribution in [2.75, 3.05) is 26.3 Å². The van der Waals surface area contributed by atoms with Crippen LogP contribution in [0.3, 0.4) is 0 Å². The Kier molecular flexibility index (Phi) is 5.93. The predicted molar refractivity (Wildman–Crippen MR) is 75.9 cm³/mol. The maximum atomic E-state index is 5.66. The van der Waals surface area contributed by atoms with Gasteiger partial charge in [0.25, 0.3) is 0 Å². The quantitative estimate of drug-likeness (QED) is 0.673. The average Bonchev–Trinajstić information content (AvgIpc) is 2.72. The van der Waals surface area contributed by atoms with Crippen molar-refractivity contribution in [2.45, 2.75) is 70.5 Å². The molecule has 2 aliphatic heterocycles. The van der Waals surface area contributed by atoms with E-state index in [1.54, 1.807) is 0 Å². The van der Waals surface area contributed by atoms with E-state index in [0.717, 1.165) is 44.3 Å². The molecule has 0 spiro atoms. The highest BCUT2D eigenvalue weighted by Crippen LogP contribution is 2.29. The van der Waals surface area contributed by atoms with E-state index in [1.807, 2.05) is 0 Å². The Morgan fingerprint density at radius 3 is 2.33 bits per heavy atom. The summed E-state index contributed by atoms with van der Waals surface area (Å²) < 4.78 is 5.66. The fraction of sp³-hybridized carbons (Fsp3) is 1.00. The van der Waals surface area contributed by atoms with Crippen molar-refractivity contribution in [1.82, 2.24) is 10.2 Å². The van der Waals surface area contributed by atoms with Gasteiger partial charge in [0.1, 0.15) is 0 Å². The summed E-state index contributed by atoms with van der Waals surface area (Å²) in [6.07, 6.45) is 7.88. The van der Waals surface area contributed by atoms with E-state index < -0.39 is 0 Å². The van der Waals surface area contributed by atoms with E-state index >= 15 is 0 Å². The lowest BCUT2D eigenvalue weighted by atomic mass is 9.98. The molecule has 2 unspecified atom stereocenters. The van der Waals surface area contributed by atoms with Crippen LogP contribution in [0.4, 0.5) is 0 Å². The molecule has 106 valence electrons. The van der Waals surface area contributed by atoms with Gasteiger partial charge in [-0.25, -0.2) is 0 Å². The number of fused-ring (bicyclic) bond motifs is 2. The normalized spacial score (nSPS) is 31.2. The fourth-order valence-corrected chi connectivity index (χ4v) is 3.52. The minimum atomic E-state index is 0.796. The van der Waals surface area contributed by atoms with E-state index in [0.29, 0.717) is 0 Å². The molecule has 0 saturated carbocycles. The molecular weight excluding hydrogens is 224 g/mol. The summed E-state index contributed by atoms with van der Waals surface area (Å²) in [5, 5.41) is 3.74. The molecule has 1 N–H and O–H groups in total. The van der Waals surface area contributed by atoms with Crippen LogP contribution in [0, 0.1) is 0 Å². The molecule has 2 saturated heterocycles. The first kappa shape index (κ1) is 14.3. The van der Waals surface area contributed by atoms with Crippen LogP contribution in [0.15, 0.2) is 0 Å². The summed E-state index contributed by atoms with van der Waals surface area (Å²) >= 11 is 0. The lowest BCUT2D eigenvalue weighted by Crippen LogP contribution is -2.49. The number of piperidine rings is 1. The molecule has 0 radical (unpaired) electrons. The number of rotatable bonds is 8. The van der Waals surface area contributed by atoms with Gasteiger partial charge in [-0.2, -0.15) is 0 Å². The largest absolute Gasteiger partial charge is 0.380 e. The van der Waals surface area contributed by atoms with Gasteiger partial charge in [0, 0.05) is 31.3 Å². The molecular formula is C15H30N2O. The van der Waals surface area contributed by atoms with Crippen molar-refractivity contribution in [1.29, 1.82) is 0 Å². The van der Waals surface area contributed by atoms with Crippen molar-refractivity contribution in [3.05, 3.63) is 0 Å². The first-order valence-corrected chi connectivity index (χ1v) is 7.91. The van der Waals surface area contributed by atoms with Crippen LogP contribution in [0.5, 0.6) is 0 Å². The van der Waals surface area contributed by atoms with Crippen molar-refractivity contribution < 1.29 is 4.74 Å². The molecule has 2 atom stereocenters. The van der Waals surface area contributed by atoms with E-state index in [4.69, 9.17) is 4.74 Å². The molecule has 2 fully saturated rings. The van der Waals surface area contributed by atoms with Crippen molar-refractivity contribution >= 4 is 0 Å². The van der Waals surface area contributed by atoms with Gasteiger partial charge in [0.2, 0.25) is 0 Å². The zero-order chi connectivity index (χ0) is 12.8. The molecule has 18 heavy (non-hydrogen) atoms. The molecule has 3 heteroatoms. The van der Waals surface area contributed by atoms with Crippen LogP contribution in [0.25, 0.3) is 0 Å². The van der Waals surface area contributed by atoms with Crippen molar-refractivity contribution in [2.24, 2.45) is 0 Å². The van der Waals surface area contributed by atoms with Gasteiger partial charge in [0.05, 0.1) is 6.61 Å². The summed E-state index contributed by atoms with van der Waals surface area (Å²) in [5.41, 5.74) is 0. The van der Waals surface area contributed by atoms with Gasteiger partial charge in [-0.3, -0.25) is 4.90 Å². The monoisotopic (exact) mass is 254 g/mol. The SMILES string of the molecule is CCCOCCN(CCC)C1CC2CCC(C1)N2. The molecule has 0 aromatic heterocycles. The van der Waals surface area contributed by atoms with Crippen LogP contribution in [-0.2, 0) is 4.74 Å². The van der Waals surface area contributed by atoms with E-state index in [1.165, 1.54) is 38.6 Å². The second-order valence-corrected chi connectivity index (χ2v) is 5.91. The third kappa shape index (κ3) is 3.94. The smallest absolute Gasteiger partial charge is 0.0593 e. The van der Waals surface area contributed by atoms with Crippen LogP contribution in [-0.4, -0.2) is 49.3 Å². The number of nitrogens with one attached hydrogen (secondary N) is 1. The van der Waals surface area contributed by atoms with Crippen molar-refractivity contribution in [3.8, 4) is 0 Å². The number of hydrogen-bond acceptors (Lipinski definition) is 3. The second kappa shape index (κ2) is 7.46. The Morgan fingerprint density at radius 2 is 1.72 bits per heavy atom. The lowest BCUT2D eigenvalue weighted by molar-refractivity contribution is 0.0721. The van der Waals surface area contributed by atoms with Crippen molar-refractivity contribution in [3.63, 3.8) is 0 Å². The molecule has 2 aliphatic rings. The van der Waals surface area contributed by atoms with Crippen LogP contribution in [0.1, 0.15) is 52.4 Å². The zero-order valence-electron chi connectivity index (χ0n) is 12.2. The Labute approximate surface area is 112 Å². The summed E-state index contributed by atoms with van der Waals surface area (Å²) in [6.45, 7) is 8.64. The molecule has 0 aromatic rings. The lowest BCUT2D eigenvalue weighted by Gasteiger charge is -2.37. The maximum absolute atomic E-state index is 5.66. The van der Waals surface area contributed by atoms with Gasteiger partial charge in [-0.05, 0) is 45.1 Å². The molecule has 0 aliphatic carbocycles. The predicted octanol–water partition coefficient (Wildman–Crippen LogP) is 2.41. The topological polar surface area (TPSA) is 24.5 Å². The molecule has 2 heterocycles. The molecule has 3 nitrogen and oxygen atoms in total. The van der Waals surface area contributed by atoms with Gasteiger partial charge >= 0.3 is 0 Å². The summed E-state index contributed by atoms with van der Waals surface area (Å²) in [5.74, 6) is 0. The highest BCUT2D eigenvalue weighted by molar-refractivity contribution is 4.95. The average molecular weight is 254 g/mol. The van der Waals surface area contributed by atoms with E-state index in [2.05, 4.69) is 24.1 Å². The summed E-state index contributed by atoms with van der Waals surface area (Å²) in [6, 6.07) is 2.39. The number of nitrogens with zero attached hydrogens (tertiary/aromatic N) is 1. The van der Waals surface area contributed by atoms with E-state index in [-0.39, 0.29) is 0 Å².